The van der Waals surface area contributed by atoms with Gasteiger partial charge in [0.2, 0.25) is 0 Å². The molecule has 1 aromatic rings. The van der Waals surface area contributed by atoms with E-state index in [0.29, 0.717) is 6.07 Å². The Kier molecular flexibility index (Phi) is 4.13. The van der Waals surface area contributed by atoms with E-state index in [2.05, 4.69) is 4.74 Å². The number of alkyl halides is 3. The lowest BCUT2D eigenvalue weighted by atomic mass is 10.1. The molecule has 0 saturated heterocycles. The van der Waals surface area contributed by atoms with E-state index in [1.807, 2.05) is 10.9 Å². The smallest absolute Gasteiger partial charge is 0.425 e. The van der Waals surface area contributed by atoms with Crippen molar-refractivity contribution in [1.29, 1.82) is 0 Å². The second kappa shape index (κ2) is 5.39. The molecule has 98 valence electrons. The Hall–Kier alpha value is -2.25. The number of rotatable bonds is 1. The van der Waals surface area contributed by atoms with E-state index in [0.717, 1.165) is 19.2 Å². The first-order chi connectivity index (χ1) is 8.34. The fraction of sp³-hybridized carbons (Fsp3) is 0.200. The Bertz CT molecular complexity index is 460. The molecule has 1 aromatic carbocycles. The normalized spacial score (nSPS) is 10.7. The van der Waals surface area contributed by atoms with Crippen LogP contribution in [0.2, 0.25) is 0 Å². The number of carbonyl (C=O) groups is 2. The largest absolute Gasteiger partial charge is 0.452 e. The zero-order valence-electron chi connectivity index (χ0n) is 9.17. The topological polar surface area (TPSA) is 67.4 Å². The van der Waals surface area contributed by atoms with E-state index >= 15 is 0 Å². The highest BCUT2D eigenvalue weighted by molar-refractivity contribution is 5.95. The van der Waals surface area contributed by atoms with Gasteiger partial charge in [0, 0.05) is 5.56 Å². The summed E-state index contributed by atoms with van der Waals surface area (Å²) < 4.78 is 41.3. The van der Waals surface area contributed by atoms with Gasteiger partial charge >= 0.3 is 12.3 Å². The van der Waals surface area contributed by atoms with Gasteiger partial charge in [-0.3, -0.25) is 10.2 Å². The fourth-order valence-electron chi connectivity index (χ4n) is 1.07. The van der Waals surface area contributed by atoms with Crippen molar-refractivity contribution < 1.29 is 27.5 Å². The van der Waals surface area contributed by atoms with Crippen molar-refractivity contribution >= 4 is 12.0 Å². The molecule has 8 heteroatoms. The van der Waals surface area contributed by atoms with Crippen LogP contribution in [0.5, 0.6) is 0 Å². The highest BCUT2D eigenvalue weighted by Crippen LogP contribution is 2.29. The van der Waals surface area contributed by atoms with Crippen molar-refractivity contribution in [3.05, 3.63) is 35.4 Å². The SMILES string of the molecule is COC(=O)NNC(=O)c1cccc(C(F)(F)F)c1. The summed E-state index contributed by atoms with van der Waals surface area (Å²) in [5.41, 5.74) is 2.56. The van der Waals surface area contributed by atoms with Crippen LogP contribution in [0.15, 0.2) is 24.3 Å². The quantitative estimate of drug-likeness (QED) is 0.757. The number of benzene rings is 1. The first-order valence-corrected chi connectivity index (χ1v) is 4.66. The van der Waals surface area contributed by atoms with Gasteiger partial charge in [0.15, 0.2) is 0 Å². The number of methoxy groups -OCH3 is 1. The third-order valence-electron chi connectivity index (χ3n) is 1.92. The summed E-state index contributed by atoms with van der Waals surface area (Å²) in [6, 6.07) is 3.79. The van der Waals surface area contributed by atoms with Gasteiger partial charge in [-0.15, -0.1) is 0 Å². The second-order valence-corrected chi connectivity index (χ2v) is 3.15. The van der Waals surface area contributed by atoms with Gasteiger partial charge in [-0.05, 0) is 18.2 Å². The van der Waals surface area contributed by atoms with E-state index < -0.39 is 23.7 Å². The first kappa shape index (κ1) is 13.8. The molecule has 0 spiro atoms. The van der Waals surface area contributed by atoms with Crippen molar-refractivity contribution in [2.45, 2.75) is 6.18 Å². The second-order valence-electron chi connectivity index (χ2n) is 3.15. The Morgan fingerprint density at radius 1 is 1.22 bits per heavy atom. The number of carbonyl (C=O) groups excluding carboxylic acids is 2. The highest BCUT2D eigenvalue weighted by atomic mass is 19.4. The minimum atomic E-state index is -4.54. The van der Waals surface area contributed by atoms with Gasteiger partial charge in [-0.2, -0.15) is 13.2 Å². The van der Waals surface area contributed by atoms with Crippen molar-refractivity contribution in [2.75, 3.05) is 7.11 Å². The van der Waals surface area contributed by atoms with Gasteiger partial charge in [-0.1, -0.05) is 6.07 Å². The molecule has 5 nitrogen and oxygen atoms in total. The van der Waals surface area contributed by atoms with Gasteiger partial charge < -0.3 is 4.74 Å². The third kappa shape index (κ3) is 3.65. The van der Waals surface area contributed by atoms with E-state index in [-0.39, 0.29) is 5.56 Å². The lowest BCUT2D eigenvalue weighted by molar-refractivity contribution is -0.137. The van der Waals surface area contributed by atoms with Gasteiger partial charge in [0.25, 0.3) is 5.91 Å². The average Bonchev–Trinajstić information content (AvgIpc) is 2.34. The number of hydrogen-bond acceptors (Lipinski definition) is 3. The molecule has 0 heterocycles. The van der Waals surface area contributed by atoms with Crippen molar-refractivity contribution in [3.8, 4) is 0 Å². The van der Waals surface area contributed by atoms with E-state index in [4.69, 9.17) is 0 Å². The van der Waals surface area contributed by atoms with Gasteiger partial charge in [-0.25, -0.2) is 10.2 Å². The summed E-state index contributed by atoms with van der Waals surface area (Å²) in [7, 11) is 1.08. The maximum Gasteiger partial charge on any atom is 0.425 e. The molecule has 0 aliphatic rings. The van der Waals surface area contributed by atoms with Crippen molar-refractivity contribution in [3.63, 3.8) is 0 Å². The summed E-state index contributed by atoms with van der Waals surface area (Å²) in [6.45, 7) is 0. The summed E-state index contributed by atoms with van der Waals surface area (Å²) in [6.07, 6.45) is -5.47. The molecule has 0 radical (unpaired) electrons. The van der Waals surface area contributed by atoms with Crippen LogP contribution in [-0.4, -0.2) is 19.1 Å². The van der Waals surface area contributed by atoms with Gasteiger partial charge in [0.05, 0.1) is 12.7 Å². The maximum atomic E-state index is 12.4. The van der Waals surface area contributed by atoms with Crippen molar-refractivity contribution in [2.24, 2.45) is 0 Å². The van der Waals surface area contributed by atoms with Crippen LogP contribution >= 0.6 is 0 Å². The van der Waals surface area contributed by atoms with Crippen LogP contribution < -0.4 is 10.9 Å². The summed E-state index contributed by atoms with van der Waals surface area (Å²) >= 11 is 0. The van der Waals surface area contributed by atoms with Crippen LogP contribution in [0, 0.1) is 0 Å². The minimum absolute atomic E-state index is 0.235. The molecule has 0 unspecified atom stereocenters. The molecule has 0 aliphatic carbocycles. The molecule has 2 N–H and O–H groups in total. The van der Waals surface area contributed by atoms with Crippen LogP contribution in [0.1, 0.15) is 15.9 Å². The average molecular weight is 262 g/mol. The predicted octanol–water partition coefficient (Wildman–Crippen LogP) is 1.71. The molecular formula is C10H9F3N2O3. The molecule has 2 amide bonds. The van der Waals surface area contributed by atoms with E-state index in [9.17, 15) is 22.8 Å². The monoisotopic (exact) mass is 262 g/mol. The number of hydrogen-bond donors (Lipinski definition) is 2. The van der Waals surface area contributed by atoms with Crippen LogP contribution in [0.25, 0.3) is 0 Å². The molecule has 0 aromatic heterocycles. The number of halogens is 3. The number of amides is 2. The Morgan fingerprint density at radius 2 is 1.89 bits per heavy atom. The Morgan fingerprint density at radius 3 is 2.44 bits per heavy atom. The van der Waals surface area contributed by atoms with Crippen LogP contribution in [0.4, 0.5) is 18.0 Å². The maximum absolute atomic E-state index is 12.4. The third-order valence-corrected chi connectivity index (χ3v) is 1.92. The van der Waals surface area contributed by atoms with Gasteiger partial charge in [0.1, 0.15) is 0 Å². The molecular weight excluding hydrogens is 253 g/mol. The molecule has 0 atom stereocenters. The first-order valence-electron chi connectivity index (χ1n) is 4.66. The van der Waals surface area contributed by atoms with E-state index in [1.54, 1.807) is 0 Å². The molecule has 0 fully saturated rings. The standard InChI is InChI=1S/C10H9F3N2O3/c1-18-9(17)15-14-8(16)6-3-2-4-7(5-6)10(11,12)13/h2-5H,1H3,(H,14,16)(H,15,17). The molecule has 18 heavy (non-hydrogen) atoms. The number of ether oxygens (including phenoxy) is 1. The fourth-order valence-corrected chi connectivity index (χ4v) is 1.07. The molecule has 1 rings (SSSR count). The summed E-state index contributed by atoms with van der Waals surface area (Å²) in [4.78, 5) is 22.0. The highest BCUT2D eigenvalue weighted by Gasteiger charge is 2.30. The molecule has 0 bridgehead atoms. The molecule has 0 saturated carbocycles. The van der Waals surface area contributed by atoms with Crippen LogP contribution in [-0.2, 0) is 10.9 Å². The predicted molar refractivity (Wildman–Crippen MR) is 54.5 cm³/mol. The lowest BCUT2D eigenvalue weighted by Crippen LogP contribution is -2.41. The summed E-state index contributed by atoms with van der Waals surface area (Å²) in [5.74, 6) is -0.883. The number of nitrogens with one attached hydrogen (secondary N) is 2. The zero-order chi connectivity index (χ0) is 13.8. The van der Waals surface area contributed by atoms with Crippen molar-refractivity contribution in [1.82, 2.24) is 10.9 Å². The lowest BCUT2D eigenvalue weighted by Gasteiger charge is -2.09. The number of hydrazine groups is 1. The molecule has 0 aliphatic heterocycles. The minimum Gasteiger partial charge on any atom is -0.452 e. The zero-order valence-corrected chi connectivity index (χ0v) is 9.17. The van der Waals surface area contributed by atoms with Crippen LogP contribution in [0.3, 0.4) is 0 Å². The Labute approximate surface area is 99.9 Å². The van der Waals surface area contributed by atoms with E-state index in [1.165, 1.54) is 6.07 Å². The Balaban J connectivity index is 2.78. The summed E-state index contributed by atoms with van der Waals surface area (Å²) in [5, 5.41) is 0.